The van der Waals surface area contributed by atoms with Crippen LogP contribution in [0.3, 0.4) is 0 Å². The van der Waals surface area contributed by atoms with Crippen molar-refractivity contribution < 1.29 is 28.4 Å². The number of methoxy groups -OCH3 is 1. The molecule has 3 saturated heterocycles. The van der Waals surface area contributed by atoms with Gasteiger partial charge in [-0.15, -0.1) is 0 Å². The highest BCUT2D eigenvalue weighted by molar-refractivity contribution is 7.70. The number of hydrogen-bond donors (Lipinski definition) is 4. The molecular formula is C46H56N11O6P. The average molecular weight is 890 g/mol. The second kappa shape index (κ2) is 18.2. The zero-order valence-corrected chi connectivity index (χ0v) is 37.7. The second-order valence-corrected chi connectivity index (χ2v) is 20.5. The van der Waals surface area contributed by atoms with Crippen LogP contribution in [0.5, 0.6) is 11.5 Å². The fraction of sp³-hybridized carbons (Fsp3) is 0.435. The first-order valence-electron chi connectivity index (χ1n) is 22.2. The van der Waals surface area contributed by atoms with Crippen molar-refractivity contribution in [2.75, 3.05) is 88.4 Å². The molecule has 4 aliphatic rings. The largest absolute Gasteiger partial charge is 0.494 e. The first-order chi connectivity index (χ1) is 30.9. The number of amides is 3. The normalized spacial score (nSPS) is 18.9. The fourth-order valence-corrected chi connectivity index (χ4v) is 10.7. The third-order valence-corrected chi connectivity index (χ3v) is 14.5. The van der Waals surface area contributed by atoms with Gasteiger partial charge < -0.3 is 34.5 Å². The predicted octanol–water partition coefficient (Wildman–Crippen LogP) is 5.09. The van der Waals surface area contributed by atoms with Crippen LogP contribution in [0.1, 0.15) is 54.1 Å². The number of piperazine rings is 1. The molecule has 0 radical (unpaired) electrons. The average Bonchev–Trinajstić information content (AvgIpc) is 3.90. The number of aromatic nitrogens is 4. The Labute approximate surface area is 372 Å². The molecule has 0 bridgehead atoms. The van der Waals surface area contributed by atoms with Gasteiger partial charge in [0.15, 0.2) is 5.65 Å². The maximum absolute atomic E-state index is 13.1. The minimum atomic E-state index is -2.57. The Hall–Kier alpha value is -6.03. The number of hydrogen-bond acceptors (Lipinski definition) is 14. The number of carbonyl (C=O) groups excluding carboxylic acids is 3. The number of imide groups is 1. The van der Waals surface area contributed by atoms with E-state index in [0.717, 1.165) is 87.3 Å². The molecule has 1 atom stereocenters. The van der Waals surface area contributed by atoms with Crippen molar-refractivity contribution in [3.05, 3.63) is 77.5 Å². The molecule has 336 valence electrons. The highest BCUT2D eigenvalue weighted by Crippen LogP contribution is 2.40. The maximum Gasteiger partial charge on any atom is 0.255 e. The number of ether oxygens (including phenoxy) is 2. The van der Waals surface area contributed by atoms with Crippen molar-refractivity contribution in [3.63, 3.8) is 0 Å². The summed E-state index contributed by atoms with van der Waals surface area (Å²) in [5.41, 5.74) is 5.87. The standard InChI is InChI=1S/C46H56N11O6P/c1-5-29-25-36(49-46-51-42(34-27-47-53-43(34)52-46)48-35-8-6-7-9-40(35)64(3,4)61)39(62-2)26-38(29)56-16-14-31(15-17-56)55-20-18-54(19-21-55)22-23-63-32-10-11-33-30(24-32)28-57(45(33)60)37-12-13-41(58)50-44(37)59/h6-11,24-27,31,37H,5,12-23,28H2,1-4H3,(H,50,58,59)(H3,47,48,49,51,52,53). The molecule has 4 N–H and O–H groups in total. The summed E-state index contributed by atoms with van der Waals surface area (Å²) >= 11 is 0. The molecule has 3 aromatic carbocycles. The van der Waals surface area contributed by atoms with Crippen LogP contribution in [0.2, 0.25) is 0 Å². The lowest BCUT2D eigenvalue weighted by molar-refractivity contribution is -0.136. The Kier molecular flexibility index (Phi) is 12.3. The summed E-state index contributed by atoms with van der Waals surface area (Å²) < 4.78 is 25.2. The van der Waals surface area contributed by atoms with Gasteiger partial charge in [-0.25, -0.2) is 0 Å². The molecule has 9 rings (SSSR count). The Balaban J connectivity index is 0.772. The van der Waals surface area contributed by atoms with Crippen molar-refractivity contribution >= 4 is 70.0 Å². The van der Waals surface area contributed by atoms with Crippen LogP contribution in [0.4, 0.5) is 28.8 Å². The number of H-pyrrole nitrogens is 1. The third kappa shape index (κ3) is 9.01. The first kappa shape index (κ1) is 43.2. The number of fused-ring (bicyclic) bond motifs is 2. The number of rotatable bonds is 14. The van der Waals surface area contributed by atoms with Crippen LogP contribution in [0.25, 0.3) is 11.0 Å². The van der Waals surface area contributed by atoms with Crippen molar-refractivity contribution in [1.82, 2.24) is 40.2 Å². The molecule has 3 fully saturated rings. The van der Waals surface area contributed by atoms with Gasteiger partial charge in [0.25, 0.3) is 5.91 Å². The van der Waals surface area contributed by atoms with E-state index in [-0.39, 0.29) is 18.2 Å². The van der Waals surface area contributed by atoms with E-state index in [1.165, 1.54) is 11.3 Å². The van der Waals surface area contributed by atoms with Gasteiger partial charge in [-0.3, -0.25) is 34.6 Å². The zero-order chi connectivity index (χ0) is 44.5. The minimum Gasteiger partial charge on any atom is -0.494 e. The first-order valence-corrected chi connectivity index (χ1v) is 24.8. The predicted molar refractivity (Wildman–Crippen MR) is 247 cm³/mol. The number of para-hydroxylation sites is 1. The van der Waals surface area contributed by atoms with E-state index < -0.39 is 19.1 Å². The molecule has 0 spiro atoms. The van der Waals surface area contributed by atoms with E-state index in [1.54, 1.807) is 37.6 Å². The number of aromatic amines is 1. The molecule has 4 aliphatic heterocycles. The molecule has 0 aliphatic carbocycles. The number of piperidine rings is 2. The van der Waals surface area contributed by atoms with Crippen LogP contribution in [0, 0.1) is 0 Å². The van der Waals surface area contributed by atoms with Gasteiger partial charge in [0.2, 0.25) is 17.8 Å². The van der Waals surface area contributed by atoms with Crippen LogP contribution >= 0.6 is 7.14 Å². The van der Waals surface area contributed by atoms with Crippen LogP contribution in [-0.2, 0) is 27.1 Å². The summed E-state index contributed by atoms with van der Waals surface area (Å²) in [6.45, 7) is 13.3. The summed E-state index contributed by atoms with van der Waals surface area (Å²) in [5.74, 6) is 1.44. The molecule has 5 aromatic rings. The van der Waals surface area contributed by atoms with Crippen molar-refractivity contribution in [2.45, 2.75) is 57.7 Å². The molecule has 3 amide bonds. The number of carbonyl (C=O) groups is 3. The molecule has 2 aromatic heterocycles. The Bertz CT molecular complexity index is 2620. The van der Waals surface area contributed by atoms with E-state index in [1.807, 2.05) is 36.4 Å². The van der Waals surface area contributed by atoms with E-state index in [2.05, 4.69) is 59.9 Å². The SMILES string of the molecule is CCc1cc(Nc2nc(Nc3ccccc3P(C)(C)=O)c3cn[nH]c3n2)c(OC)cc1N1CCC(N2CCN(CCOc3ccc4c(c3)CN(C3CCC(=O)NC3=O)C4=O)CC2)CC1. The number of nitrogens with zero attached hydrogens (tertiary/aromatic N) is 7. The monoisotopic (exact) mass is 889 g/mol. The Morgan fingerprint density at radius 2 is 1.70 bits per heavy atom. The number of aryl methyl sites for hydroxylation is 1. The van der Waals surface area contributed by atoms with E-state index in [4.69, 9.17) is 19.4 Å². The highest BCUT2D eigenvalue weighted by atomic mass is 31.2. The zero-order valence-electron chi connectivity index (χ0n) is 36.9. The highest BCUT2D eigenvalue weighted by Gasteiger charge is 2.39. The summed E-state index contributed by atoms with van der Waals surface area (Å²) in [6, 6.07) is 17.3. The van der Waals surface area contributed by atoms with E-state index in [0.29, 0.717) is 65.5 Å². The number of benzene rings is 3. The molecule has 1 unspecified atom stereocenters. The van der Waals surface area contributed by atoms with Crippen LogP contribution < -0.4 is 35.6 Å². The van der Waals surface area contributed by atoms with Gasteiger partial charge in [0, 0.05) is 87.4 Å². The van der Waals surface area contributed by atoms with E-state index in [9.17, 15) is 18.9 Å². The molecule has 17 nitrogen and oxygen atoms in total. The quantitative estimate of drug-likeness (QED) is 0.0853. The second-order valence-electron chi connectivity index (χ2n) is 17.3. The molecule has 0 saturated carbocycles. The molecule has 18 heteroatoms. The summed E-state index contributed by atoms with van der Waals surface area (Å²) in [6.07, 6.45) is 5.26. The maximum atomic E-state index is 13.1. The Morgan fingerprint density at radius 1 is 0.906 bits per heavy atom. The lowest BCUT2D eigenvalue weighted by Crippen LogP contribution is -2.53. The van der Waals surface area contributed by atoms with Gasteiger partial charge in [0.05, 0.1) is 30.1 Å². The van der Waals surface area contributed by atoms with Crippen molar-refractivity contribution in [1.29, 1.82) is 0 Å². The third-order valence-electron chi connectivity index (χ3n) is 13.0. The van der Waals surface area contributed by atoms with E-state index >= 15 is 0 Å². The van der Waals surface area contributed by atoms with Gasteiger partial charge in [-0.05, 0) is 86.5 Å². The van der Waals surface area contributed by atoms with Crippen molar-refractivity contribution in [3.8, 4) is 11.5 Å². The molecule has 6 heterocycles. The van der Waals surface area contributed by atoms with Gasteiger partial charge in [-0.1, -0.05) is 19.1 Å². The molecular weight excluding hydrogens is 834 g/mol. The summed E-state index contributed by atoms with van der Waals surface area (Å²) in [7, 11) is -0.886. The summed E-state index contributed by atoms with van der Waals surface area (Å²) in [5, 5.41) is 17.8. The smallest absolute Gasteiger partial charge is 0.255 e. The lowest BCUT2D eigenvalue weighted by atomic mass is 9.99. The van der Waals surface area contributed by atoms with Gasteiger partial charge >= 0.3 is 0 Å². The number of anilines is 5. The van der Waals surface area contributed by atoms with Crippen molar-refractivity contribution in [2.24, 2.45) is 0 Å². The lowest BCUT2D eigenvalue weighted by Gasteiger charge is -2.43. The number of nitrogens with one attached hydrogen (secondary N) is 4. The summed E-state index contributed by atoms with van der Waals surface area (Å²) in [4.78, 5) is 55.8. The minimum absolute atomic E-state index is 0.180. The van der Waals surface area contributed by atoms with Gasteiger partial charge in [0.1, 0.15) is 37.1 Å². The Morgan fingerprint density at radius 3 is 2.45 bits per heavy atom. The fourth-order valence-electron chi connectivity index (χ4n) is 9.50. The topological polar surface area (TPSA) is 190 Å². The van der Waals surface area contributed by atoms with Crippen LogP contribution in [-0.4, -0.2) is 138 Å². The van der Waals surface area contributed by atoms with Crippen LogP contribution in [0.15, 0.2) is 60.8 Å². The molecule has 64 heavy (non-hydrogen) atoms. The van der Waals surface area contributed by atoms with Gasteiger partial charge in [-0.2, -0.15) is 15.1 Å².